The number of nitrogens with one attached hydrogen (secondary N) is 1. The molecule has 0 saturated heterocycles. The van der Waals surface area contributed by atoms with Gasteiger partial charge < -0.3 is 19.9 Å². The molecule has 5 heteroatoms. The van der Waals surface area contributed by atoms with Crippen LogP contribution in [0.4, 0.5) is 0 Å². The van der Waals surface area contributed by atoms with Crippen LogP contribution in [0.25, 0.3) is 0 Å². The van der Waals surface area contributed by atoms with E-state index in [4.69, 9.17) is 9.47 Å². The van der Waals surface area contributed by atoms with Gasteiger partial charge in [0.25, 0.3) is 0 Å². The van der Waals surface area contributed by atoms with Crippen LogP contribution in [0.5, 0.6) is 5.75 Å². The third-order valence-electron chi connectivity index (χ3n) is 3.84. The Labute approximate surface area is 131 Å². The lowest BCUT2D eigenvalue weighted by Gasteiger charge is -2.32. The third-order valence-corrected chi connectivity index (χ3v) is 3.84. The van der Waals surface area contributed by atoms with E-state index in [0.29, 0.717) is 12.2 Å². The van der Waals surface area contributed by atoms with E-state index in [1.165, 1.54) is 0 Å². The molecule has 2 N–H and O–H groups in total. The van der Waals surface area contributed by atoms with Gasteiger partial charge in [-0.1, -0.05) is 13.8 Å². The number of hydrogen-bond acceptors (Lipinski definition) is 5. The number of aliphatic hydroxyl groups is 1. The first-order chi connectivity index (χ1) is 10.3. The summed E-state index contributed by atoms with van der Waals surface area (Å²) in [6, 6.07) is 5.33. The van der Waals surface area contributed by atoms with Crippen molar-refractivity contribution in [2.24, 2.45) is 5.92 Å². The summed E-state index contributed by atoms with van der Waals surface area (Å²) in [4.78, 5) is 12.3. The fraction of sp³-hybridized carbons (Fsp3) is 0.588. The highest BCUT2D eigenvalue weighted by Crippen LogP contribution is 2.31. The number of ether oxygens (including phenoxy) is 2. The normalized spacial score (nSPS) is 17.7. The molecule has 1 atom stereocenters. The summed E-state index contributed by atoms with van der Waals surface area (Å²) in [6.07, 6.45) is 0. The molecule has 0 fully saturated rings. The Hall–Kier alpha value is -1.43. The SMILES string of the molecule is CC(C)C(CO)NCC(=O)c1ccc2c(c1)COC(C)(C)O2. The highest BCUT2D eigenvalue weighted by atomic mass is 16.7. The summed E-state index contributed by atoms with van der Waals surface area (Å²) in [7, 11) is 0. The second kappa shape index (κ2) is 6.77. The molecule has 0 amide bonds. The highest BCUT2D eigenvalue weighted by molar-refractivity contribution is 5.98. The lowest BCUT2D eigenvalue weighted by atomic mass is 10.0. The first kappa shape index (κ1) is 16.9. The van der Waals surface area contributed by atoms with Crippen molar-refractivity contribution in [1.29, 1.82) is 0 Å². The predicted octanol–water partition coefficient (Wildman–Crippen LogP) is 2.12. The standard InChI is InChI=1S/C17H25NO4/c1-11(2)14(9-19)18-8-15(20)12-5-6-16-13(7-12)10-21-17(3,4)22-16/h5-7,11,14,18-19H,8-10H2,1-4H3. The topological polar surface area (TPSA) is 67.8 Å². The Morgan fingerprint density at radius 2 is 2.14 bits per heavy atom. The average molecular weight is 307 g/mol. The minimum Gasteiger partial charge on any atom is -0.463 e. The molecular weight excluding hydrogens is 282 g/mol. The van der Waals surface area contributed by atoms with E-state index in [1.807, 2.05) is 39.8 Å². The van der Waals surface area contributed by atoms with Gasteiger partial charge in [0.2, 0.25) is 5.79 Å². The molecule has 1 aliphatic heterocycles. The molecule has 1 aromatic carbocycles. The van der Waals surface area contributed by atoms with Crippen LogP contribution in [-0.2, 0) is 11.3 Å². The first-order valence-corrected chi connectivity index (χ1v) is 7.66. The molecule has 0 aromatic heterocycles. The summed E-state index contributed by atoms with van der Waals surface area (Å²) < 4.78 is 11.3. The van der Waals surface area contributed by atoms with Crippen molar-refractivity contribution in [2.45, 2.75) is 46.1 Å². The first-order valence-electron chi connectivity index (χ1n) is 7.66. The molecule has 0 radical (unpaired) electrons. The number of aliphatic hydroxyl groups excluding tert-OH is 1. The number of fused-ring (bicyclic) bond motifs is 1. The predicted molar refractivity (Wildman–Crippen MR) is 84.0 cm³/mol. The van der Waals surface area contributed by atoms with Gasteiger partial charge in [-0.15, -0.1) is 0 Å². The van der Waals surface area contributed by atoms with Gasteiger partial charge in [-0.2, -0.15) is 0 Å². The zero-order valence-electron chi connectivity index (χ0n) is 13.7. The second-order valence-electron chi connectivity index (χ2n) is 6.45. The van der Waals surface area contributed by atoms with E-state index < -0.39 is 5.79 Å². The Morgan fingerprint density at radius 3 is 2.77 bits per heavy atom. The van der Waals surface area contributed by atoms with Crippen molar-refractivity contribution in [3.63, 3.8) is 0 Å². The zero-order valence-corrected chi connectivity index (χ0v) is 13.7. The molecule has 0 aliphatic carbocycles. The van der Waals surface area contributed by atoms with Crippen LogP contribution in [0.15, 0.2) is 18.2 Å². The molecule has 122 valence electrons. The molecule has 0 bridgehead atoms. The summed E-state index contributed by atoms with van der Waals surface area (Å²) in [5.74, 6) is 0.388. The molecule has 0 saturated carbocycles. The average Bonchev–Trinajstić information content (AvgIpc) is 2.46. The number of ketones is 1. The summed E-state index contributed by atoms with van der Waals surface area (Å²) >= 11 is 0. The number of carbonyl (C=O) groups excluding carboxylic acids is 1. The summed E-state index contributed by atoms with van der Waals surface area (Å²) in [6.45, 7) is 8.39. The Bertz CT molecular complexity index is 539. The largest absolute Gasteiger partial charge is 0.463 e. The maximum Gasteiger partial charge on any atom is 0.205 e. The minimum absolute atomic E-state index is 0.00765. The van der Waals surface area contributed by atoms with E-state index in [-0.39, 0.29) is 30.9 Å². The minimum atomic E-state index is -0.633. The van der Waals surface area contributed by atoms with Crippen molar-refractivity contribution in [1.82, 2.24) is 5.32 Å². The van der Waals surface area contributed by atoms with Gasteiger partial charge in [0, 0.05) is 31.0 Å². The Morgan fingerprint density at radius 1 is 1.41 bits per heavy atom. The van der Waals surface area contributed by atoms with E-state index in [1.54, 1.807) is 6.07 Å². The monoisotopic (exact) mass is 307 g/mol. The van der Waals surface area contributed by atoms with Crippen LogP contribution in [-0.4, -0.2) is 35.9 Å². The fourth-order valence-electron chi connectivity index (χ4n) is 2.35. The molecule has 0 spiro atoms. The van der Waals surface area contributed by atoms with Gasteiger partial charge >= 0.3 is 0 Å². The zero-order chi connectivity index (χ0) is 16.3. The van der Waals surface area contributed by atoms with Gasteiger partial charge in [-0.25, -0.2) is 0 Å². The van der Waals surface area contributed by atoms with Crippen LogP contribution in [0.3, 0.4) is 0 Å². The lowest BCUT2D eigenvalue weighted by Crippen LogP contribution is -2.40. The lowest BCUT2D eigenvalue weighted by molar-refractivity contribution is -0.180. The van der Waals surface area contributed by atoms with Crippen LogP contribution >= 0.6 is 0 Å². The van der Waals surface area contributed by atoms with E-state index in [0.717, 1.165) is 11.3 Å². The van der Waals surface area contributed by atoms with E-state index in [9.17, 15) is 9.90 Å². The summed E-state index contributed by atoms with van der Waals surface area (Å²) in [5.41, 5.74) is 1.51. The molecule has 1 aromatic rings. The van der Waals surface area contributed by atoms with Crippen LogP contribution in [0.2, 0.25) is 0 Å². The molecule has 1 aliphatic rings. The molecule has 5 nitrogen and oxygen atoms in total. The van der Waals surface area contributed by atoms with Gasteiger partial charge in [0.05, 0.1) is 19.8 Å². The van der Waals surface area contributed by atoms with E-state index in [2.05, 4.69) is 5.32 Å². The van der Waals surface area contributed by atoms with Crippen LogP contribution in [0, 0.1) is 5.92 Å². The summed E-state index contributed by atoms with van der Waals surface area (Å²) in [5, 5.41) is 12.4. The van der Waals surface area contributed by atoms with Crippen LogP contribution < -0.4 is 10.1 Å². The molecule has 1 unspecified atom stereocenters. The molecule has 1 heterocycles. The van der Waals surface area contributed by atoms with Crippen molar-refractivity contribution in [2.75, 3.05) is 13.2 Å². The van der Waals surface area contributed by atoms with E-state index >= 15 is 0 Å². The van der Waals surface area contributed by atoms with Gasteiger partial charge in [0.15, 0.2) is 5.78 Å². The van der Waals surface area contributed by atoms with Crippen LogP contribution in [0.1, 0.15) is 43.6 Å². The van der Waals surface area contributed by atoms with Crippen molar-refractivity contribution < 1.29 is 19.4 Å². The van der Waals surface area contributed by atoms with Gasteiger partial charge in [0.1, 0.15) is 5.75 Å². The molecule has 2 rings (SSSR count). The molecular formula is C17H25NO4. The number of Topliss-reactive ketones (excluding diaryl/α,β-unsaturated/α-hetero) is 1. The highest BCUT2D eigenvalue weighted by Gasteiger charge is 2.27. The van der Waals surface area contributed by atoms with Crippen molar-refractivity contribution in [3.05, 3.63) is 29.3 Å². The number of rotatable bonds is 6. The number of carbonyl (C=O) groups is 1. The van der Waals surface area contributed by atoms with Crippen molar-refractivity contribution in [3.8, 4) is 5.75 Å². The van der Waals surface area contributed by atoms with Crippen molar-refractivity contribution >= 4 is 5.78 Å². The second-order valence-corrected chi connectivity index (χ2v) is 6.45. The maximum absolute atomic E-state index is 12.3. The third kappa shape index (κ3) is 4.06. The van der Waals surface area contributed by atoms with Gasteiger partial charge in [-0.3, -0.25) is 4.79 Å². The maximum atomic E-state index is 12.3. The fourth-order valence-corrected chi connectivity index (χ4v) is 2.35. The number of hydrogen-bond donors (Lipinski definition) is 2. The molecule has 22 heavy (non-hydrogen) atoms. The Kier molecular flexibility index (Phi) is 5.21. The Balaban J connectivity index is 2.03. The number of benzene rings is 1. The van der Waals surface area contributed by atoms with Gasteiger partial charge in [-0.05, 0) is 24.1 Å². The smallest absolute Gasteiger partial charge is 0.205 e. The quantitative estimate of drug-likeness (QED) is 0.788.